The Labute approximate surface area is 362 Å². The van der Waals surface area contributed by atoms with Crippen molar-refractivity contribution in [2.45, 2.75) is 0 Å². The van der Waals surface area contributed by atoms with Crippen molar-refractivity contribution in [3.8, 4) is 17.2 Å². The molecule has 7 rings (SSSR count). The summed E-state index contributed by atoms with van der Waals surface area (Å²) >= 11 is 0. The molecule has 0 bridgehead atoms. The molecule has 0 heterocycles. The summed E-state index contributed by atoms with van der Waals surface area (Å²) in [5, 5.41) is 34.1. The maximum absolute atomic E-state index is 13.5. The normalized spacial score (nSPS) is 11.1. The van der Waals surface area contributed by atoms with Crippen LogP contribution in [0, 0.1) is 0 Å². The fraction of sp³-hybridized carbons (Fsp3) is 0.0625. The van der Waals surface area contributed by atoms with Gasteiger partial charge in [0, 0.05) is 33.8 Å². The van der Waals surface area contributed by atoms with Gasteiger partial charge in [-0.15, -0.1) is 0 Å². The van der Waals surface area contributed by atoms with E-state index in [0.717, 1.165) is 0 Å². The number of benzene rings is 7. The number of ether oxygens (including phenoxy) is 3. The van der Waals surface area contributed by atoms with Gasteiger partial charge in [0.15, 0.2) is 0 Å². The zero-order valence-electron chi connectivity index (χ0n) is 34.2. The lowest BCUT2D eigenvalue weighted by Crippen LogP contribution is -2.16. The van der Waals surface area contributed by atoms with Gasteiger partial charge in [0.1, 0.15) is 17.2 Å². The first-order valence-electron chi connectivity index (χ1n) is 19.3. The van der Waals surface area contributed by atoms with Crippen LogP contribution in [0.2, 0.25) is 0 Å². The van der Waals surface area contributed by atoms with Gasteiger partial charge in [0.25, 0.3) is 17.7 Å². The van der Waals surface area contributed by atoms with Gasteiger partial charge in [-0.25, -0.2) is 0 Å². The molecule has 7 aromatic carbocycles. The lowest BCUT2D eigenvalue weighted by Gasteiger charge is -2.13. The lowest BCUT2D eigenvalue weighted by atomic mass is 10.1. The molecule has 0 fully saturated rings. The number of methoxy groups -OCH3 is 3. The number of hydrogen-bond acceptors (Lipinski definition) is 12. The minimum Gasteiger partial charge on any atom is -0.497 e. The van der Waals surface area contributed by atoms with Crippen LogP contribution in [0.3, 0.4) is 0 Å². The first kappa shape index (κ1) is 42.3. The minimum atomic E-state index is -0.437. The zero-order valence-corrected chi connectivity index (χ0v) is 34.2. The Kier molecular flexibility index (Phi) is 13.7. The molecule has 0 aliphatic carbocycles. The molecular formula is C48H39N9O6. The maximum atomic E-state index is 13.5. The Morgan fingerprint density at radius 1 is 0.317 bits per heavy atom. The molecule has 0 unspecified atom stereocenters. The van der Waals surface area contributed by atoms with Crippen molar-refractivity contribution < 1.29 is 28.6 Å². The summed E-state index contributed by atoms with van der Waals surface area (Å²) in [5.41, 5.74) is 5.48. The van der Waals surface area contributed by atoms with E-state index in [1.165, 1.54) is 0 Å². The van der Waals surface area contributed by atoms with Crippen molar-refractivity contribution in [2.24, 2.45) is 30.7 Å². The number of hydrogen-bond donors (Lipinski definition) is 3. The van der Waals surface area contributed by atoms with Crippen LogP contribution in [0.15, 0.2) is 194 Å². The summed E-state index contributed by atoms with van der Waals surface area (Å²) in [7, 11) is 4.76. The van der Waals surface area contributed by atoms with Crippen LogP contribution in [-0.4, -0.2) is 39.1 Å². The van der Waals surface area contributed by atoms with Gasteiger partial charge in [0.05, 0.1) is 55.5 Å². The summed E-state index contributed by atoms with van der Waals surface area (Å²) in [6, 6.07) is 45.9. The Bertz CT molecular complexity index is 2460. The molecule has 0 spiro atoms. The van der Waals surface area contributed by atoms with E-state index >= 15 is 0 Å². The average molecular weight is 838 g/mol. The lowest BCUT2D eigenvalue weighted by molar-refractivity contribution is 0.101. The number of nitrogens with zero attached hydrogens (tertiary/aromatic N) is 6. The standard InChI is InChI=1S/C48H39N9O6/c1-61-43-22-16-37(17-23-43)55-52-34-10-4-31(5-11-34)46(58)49-40-28-41(50-47(59)32-6-12-35(13-7-32)53-56-38-18-24-44(62-2)25-19-38)30-42(29-40)51-48(60)33-8-14-36(15-9-33)54-57-39-20-26-45(63-3)27-21-39/h4-30H,1-3H3,(H,49,58)(H,50,59)(H,51,60). The van der Waals surface area contributed by atoms with E-state index in [2.05, 4.69) is 46.6 Å². The first-order valence-corrected chi connectivity index (χ1v) is 19.3. The molecule has 7 aromatic rings. The topological polar surface area (TPSA) is 189 Å². The van der Waals surface area contributed by atoms with E-state index < -0.39 is 17.7 Å². The van der Waals surface area contributed by atoms with Crippen LogP contribution in [0.4, 0.5) is 51.2 Å². The Morgan fingerprint density at radius 3 is 0.698 bits per heavy atom. The summed E-state index contributed by atoms with van der Waals surface area (Å²) in [4.78, 5) is 40.5. The van der Waals surface area contributed by atoms with Gasteiger partial charge in [-0.05, 0) is 164 Å². The number of rotatable bonds is 15. The smallest absolute Gasteiger partial charge is 0.255 e. The molecule has 312 valence electrons. The molecule has 0 saturated heterocycles. The highest BCUT2D eigenvalue weighted by Gasteiger charge is 2.14. The highest BCUT2D eigenvalue weighted by atomic mass is 16.5. The summed E-state index contributed by atoms with van der Waals surface area (Å²) in [6.45, 7) is 0. The van der Waals surface area contributed by atoms with Crippen molar-refractivity contribution in [3.63, 3.8) is 0 Å². The largest absolute Gasteiger partial charge is 0.497 e. The second-order valence-electron chi connectivity index (χ2n) is 13.5. The quantitative estimate of drug-likeness (QED) is 0.0861. The fourth-order valence-electron chi connectivity index (χ4n) is 5.79. The van der Waals surface area contributed by atoms with Crippen LogP contribution in [-0.2, 0) is 0 Å². The highest BCUT2D eigenvalue weighted by molar-refractivity contribution is 6.09. The third-order valence-corrected chi connectivity index (χ3v) is 9.16. The average Bonchev–Trinajstić information content (AvgIpc) is 3.32. The third-order valence-electron chi connectivity index (χ3n) is 9.16. The van der Waals surface area contributed by atoms with E-state index in [9.17, 15) is 14.4 Å². The summed E-state index contributed by atoms with van der Waals surface area (Å²) < 4.78 is 15.5. The second kappa shape index (κ2) is 20.4. The van der Waals surface area contributed by atoms with Crippen molar-refractivity contribution in [1.82, 2.24) is 0 Å². The van der Waals surface area contributed by atoms with Crippen LogP contribution >= 0.6 is 0 Å². The predicted molar refractivity (Wildman–Crippen MR) is 241 cm³/mol. The monoisotopic (exact) mass is 837 g/mol. The molecule has 63 heavy (non-hydrogen) atoms. The number of carbonyl (C=O) groups is 3. The van der Waals surface area contributed by atoms with Gasteiger partial charge in [-0.1, -0.05) is 0 Å². The molecule has 0 aliphatic rings. The van der Waals surface area contributed by atoms with Crippen LogP contribution < -0.4 is 30.2 Å². The van der Waals surface area contributed by atoms with Gasteiger partial charge < -0.3 is 30.2 Å². The zero-order chi connectivity index (χ0) is 44.0. The SMILES string of the molecule is COc1ccc(N=Nc2ccc(C(=O)Nc3cc(NC(=O)c4ccc(N=Nc5ccc(OC)cc5)cc4)cc(NC(=O)c4ccc(N=Nc5ccc(OC)cc5)cc4)c3)cc2)cc1. The van der Waals surface area contributed by atoms with Gasteiger partial charge in [-0.3, -0.25) is 14.4 Å². The van der Waals surface area contributed by atoms with Crippen molar-refractivity contribution in [3.05, 3.63) is 180 Å². The van der Waals surface area contributed by atoms with Gasteiger partial charge in [0.2, 0.25) is 0 Å². The number of amides is 3. The number of nitrogens with one attached hydrogen (secondary N) is 3. The molecule has 0 radical (unpaired) electrons. The highest BCUT2D eigenvalue weighted by Crippen LogP contribution is 2.28. The molecule has 15 nitrogen and oxygen atoms in total. The van der Waals surface area contributed by atoms with Gasteiger partial charge in [-0.2, -0.15) is 30.7 Å². The molecule has 15 heteroatoms. The van der Waals surface area contributed by atoms with E-state index in [1.54, 1.807) is 185 Å². The van der Waals surface area contributed by atoms with Crippen molar-refractivity contribution >= 4 is 68.9 Å². The second-order valence-corrected chi connectivity index (χ2v) is 13.5. The summed E-state index contributed by atoms with van der Waals surface area (Å²) in [6.07, 6.45) is 0. The van der Waals surface area contributed by atoms with Crippen LogP contribution in [0.1, 0.15) is 31.1 Å². The van der Waals surface area contributed by atoms with Crippen LogP contribution in [0.25, 0.3) is 0 Å². The van der Waals surface area contributed by atoms with E-state index in [4.69, 9.17) is 14.2 Å². The number of anilines is 3. The number of azo groups is 3. The van der Waals surface area contributed by atoms with Crippen molar-refractivity contribution in [1.29, 1.82) is 0 Å². The molecule has 0 saturated carbocycles. The Hall–Kier alpha value is -8.85. The Morgan fingerprint density at radius 2 is 0.508 bits per heavy atom. The maximum Gasteiger partial charge on any atom is 0.255 e. The molecule has 0 aromatic heterocycles. The van der Waals surface area contributed by atoms with E-state index in [0.29, 0.717) is 85.1 Å². The van der Waals surface area contributed by atoms with Crippen molar-refractivity contribution in [2.75, 3.05) is 37.3 Å². The van der Waals surface area contributed by atoms with E-state index in [-0.39, 0.29) is 0 Å². The van der Waals surface area contributed by atoms with Gasteiger partial charge >= 0.3 is 0 Å². The van der Waals surface area contributed by atoms with E-state index in [1.807, 2.05) is 0 Å². The molecule has 3 N–H and O–H groups in total. The van der Waals surface area contributed by atoms with Crippen LogP contribution in [0.5, 0.6) is 17.2 Å². The molecule has 0 aliphatic heterocycles. The third kappa shape index (κ3) is 11.9. The summed E-state index contributed by atoms with van der Waals surface area (Å²) in [5.74, 6) is 0.812. The first-order chi connectivity index (χ1) is 30.7. The molecule has 3 amide bonds. The molecule has 0 atom stereocenters. The number of carbonyl (C=O) groups excluding carboxylic acids is 3. The molecular weight excluding hydrogens is 799 g/mol. The predicted octanol–water partition coefficient (Wildman–Crippen LogP) is 12.7. The fourth-order valence-corrected chi connectivity index (χ4v) is 5.79. The minimum absolute atomic E-state index is 0.306. The Balaban J connectivity index is 1.06.